The van der Waals surface area contributed by atoms with Gasteiger partial charge < -0.3 is 19.7 Å². The summed E-state index contributed by atoms with van der Waals surface area (Å²) in [4.78, 5) is 34.5. The number of rotatable bonds is 4. The molecule has 0 aliphatic carbocycles. The van der Waals surface area contributed by atoms with Gasteiger partial charge in [-0.15, -0.1) is 0 Å². The van der Waals surface area contributed by atoms with Crippen LogP contribution in [0.5, 0.6) is 0 Å². The molecular formula is C17H17ClN4O4. The standard InChI is InChI=1S/C17H17ClN4O4/c1-25-16(24)11-2-3-13(18)14(8-11)21-15(23)12-9-19-17(20-10-12)22-4-6-26-7-5-22/h2-3,8-10H,4-7H2,1H3,(H,21,23). The quantitative estimate of drug-likeness (QED) is 0.815. The Bertz CT molecular complexity index is 807. The second kappa shape index (κ2) is 8.11. The lowest BCUT2D eigenvalue weighted by Crippen LogP contribution is -2.37. The number of ether oxygens (including phenoxy) is 2. The molecule has 2 aromatic rings. The second-order valence-electron chi connectivity index (χ2n) is 5.51. The summed E-state index contributed by atoms with van der Waals surface area (Å²) in [5.41, 5.74) is 0.865. The smallest absolute Gasteiger partial charge is 0.337 e. The van der Waals surface area contributed by atoms with Gasteiger partial charge in [0.25, 0.3) is 5.91 Å². The van der Waals surface area contributed by atoms with Gasteiger partial charge in [0.1, 0.15) is 0 Å². The Labute approximate surface area is 155 Å². The third-order valence-electron chi connectivity index (χ3n) is 3.83. The molecule has 0 bridgehead atoms. The first-order valence-corrected chi connectivity index (χ1v) is 8.30. The van der Waals surface area contributed by atoms with Gasteiger partial charge in [0.15, 0.2) is 0 Å². The van der Waals surface area contributed by atoms with E-state index < -0.39 is 11.9 Å². The Morgan fingerprint density at radius 2 is 1.88 bits per heavy atom. The highest BCUT2D eigenvalue weighted by atomic mass is 35.5. The Morgan fingerprint density at radius 1 is 1.19 bits per heavy atom. The van der Waals surface area contributed by atoms with Gasteiger partial charge >= 0.3 is 5.97 Å². The predicted molar refractivity (Wildman–Crippen MR) is 95.8 cm³/mol. The number of carbonyl (C=O) groups is 2. The SMILES string of the molecule is COC(=O)c1ccc(Cl)c(NC(=O)c2cnc(N3CCOCC3)nc2)c1. The lowest BCUT2D eigenvalue weighted by Gasteiger charge is -2.26. The van der Waals surface area contributed by atoms with Crippen molar-refractivity contribution in [1.82, 2.24) is 9.97 Å². The first kappa shape index (κ1) is 18.1. The number of esters is 1. The van der Waals surface area contributed by atoms with E-state index in [1.165, 1.54) is 37.7 Å². The van der Waals surface area contributed by atoms with E-state index in [1.54, 1.807) is 0 Å². The molecule has 1 aliphatic heterocycles. The highest BCUT2D eigenvalue weighted by Crippen LogP contribution is 2.24. The van der Waals surface area contributed by atoms with Crippen LogP contribution in [0.3, 0.4) is 0 Å². The van der Waals surface area contributed by atoms with Crippen molar-refractivity contribution in [3.63, 3.8) is 0 Å². The summed E-state index contributed by atoms with van der Waals surface area (Å²) in [6.07, 6.45) is 2.90. The molecule has 1 aliphatic rings. The highest BCUT2D eigenvalue weighted by Gasteiger charge is 2.16. The molecule has 0 spiro atoms. The van der Waals surface area contributed by atoms with Crippen LogP contribution in [-0.2, 0) is 9.47 Å². The summed E-state index contributed by atoms with van der Waals surface area (Å²) >= 11 is 6.09. The van der Waals surface area contributed by atoms with Crippen molar-refractivity contribution in [1.29, 1.82) is 0 Å². The maximum atomic E-state index is 12.4. The molecule has 1 N–H and O–H groups in total. The number of benzene rings is 1. The first-order chi connectivity index (χ1) is 12.6. The largest absolute Gasteiger partial charge is 0.465 e. The molecule has 1 aromatic heterocycles. The maximum Gasteiger partial charge on any atom is 0.337 e. The van der Waals surface area contributed by atoms with Crippen molar-refractivity contribution in [2.24, 2.45) is 0 Å². The third-order valence-corrected chi connectivity index (χ3v) is 4.16. The number of halogens is 1. The average Bonchev–Trinajstić information content (AvgIpc) is 2.69. The minimum absolute atomic E-state index is 0.279. The Morgan fingerprint density at radius 3 is 2.54 bits per heavy atom. The lowest BCUT2D eigenvalue weighted by atomic mass is 10.2. The van der Waals surface area contributed by atoms with Crippen molar-refractivity contribution in [2.45, 2.75) is 0 Å². The van der Waals surface area contributed by atoms with E-state index in [4.69, 9.17) is 16.3 Å². The molecule has 1 aromatic carbocycles. The number of amides is 1. The Balaban J connectivity index is 1.72. The third kappa shape index (κ3) is 4.09. The fourth-order valence-corrected chi connectivity index (χ4v) is 2.59. The molecule has 0 atom stereocenters. The monoisotopic (exact) mass is 376 g/mol. The van der Waals surface area contributed by atoms with Crippen molar-refractivity contribution in [3.05, 3.63) is 46.7 Å². The molecular weight excluding hydrogens is 360 g/mol. The van der Waals surface area contributed by atoms with Crippen LogP contribution in [0.4, 0.5) is 11.6 Å². The van der Waals surface area contributed by atoms with Crippen molar-refractivity contribution in [3.8, 4) is 0 Å². The Kier molecular flexibility index (Phi) is 5.65. The molecule has 9 heteroatoms. The van der Waals surface area contributed by atoms with E-state index in [2.05, 4.69) is 20.0 Å². The van der Waals surface area contributed by atoms with E-state index >= 15 is 0 Å². The fourth-order valence-electron chi connectivity index (χ4n) is 2.43. The molecule has 136 valence electrons. The highest BCUT2D eigenvalue weighted by molar-refractivity contribution is 6.34. The van der Waals surface area contributed by atoms with Crippen LogP contribution < -0.4 is 10.2 Å². The summed E-state index contributed by atoms with van der Waals surface area (Å²) in [6.45, 7) is 2.67. The first-order valence-electron chi connectivity index (χ1n) is 7.92. The van der Waals surface area contributed by atoms with Gasteiger partial charge in [-0.1, -0.05) is 11.6 Å². The van der Waals surface area contributed by atoms with E-state index in [1.807, 2.05) is 4.90 Å². The second-order valence-corrected chi connectivity index (χ2v) is 5.92. The van der Waals surface area contributed by atoms with Crippen LogP contribution in [0.2, 0.25) is 5.02 Å². The number of hydrogen-bond donors (Lipinski definition) is 1. The molecule has 0 unspecified atom stereocenters. The van der Waals surface area contributed by atoms with Gasteiger partial charge in [-0.25, -0.2) is 14.8 Å². The number of carbonyl (C=O) groups excluding carboxylic acids is 2. The summed E-state index contributed by atoms with van der Waals surface area (Å²) in [7, 11) is 1.28. The zero-order valence-electron chi connectivity index (χ0n) is 14.1. The molecule has 2 heterocycles. The van der Waals surface area contributed by atoms with Crippen LogP contribution in [0.25, 0.3) is 0 Å². The summed E-state index contributed by atoms with van der Waals surface area (Å²) < 4.78 is 9.95. The van der Waals surface area contributed by atoms with Gasteiger partial charge in [0.05, 0.1) is 42.2 Å². The molecule has 0 saturated carbocycles. The molecule has 3 rings (SSSR count). The van der Waals surface area contributed by atoms with E-state index in [0.717, 1.165) is 0 Å². The van der Waals surface area contributed by atoms with Crippen LogP contribution in [0.15, 0.2) is 30.6 Å². The van der Waals surface area contributed by atoms with E-state index in [-0.39, 0.29) is 11.1 Å². The minimum Gasteiger partial charge on any atom is -0.465 e. The van der Waals surface area contributed by atoms with Crippen LogP contribution in [0, 0.1) is 0 Å². The zero-order chi connectivity index (χ0) is 18.5. The van der Waals surface area contributed by atoms with Crippen LogP contribution in [0.1, 0.15) is 20.7 Å². The van der Waals surface area contributed by atoms with E-state index in [0.29, 0.717) is 43.0 Å². The average molecular weight is 377 g/mol. The molecule has 1 amide bonds. The van der Waals surface area contributed by atoms with Crippen LogP contribution >= 0.6 is 11.6 Å². The number of methoxy groups -OCH3 is 1. The van der Waals surface area contributed by atoms with Gasteiger partial charge in [0.2, 0.25) is 5.95 Å². The fraction of sp³-hybridized carbons (Fsp3) is 0.294. The number of aromatic nitrogens is 2. The van der Waals surface area contributed by atoms with Gasteiger partial charge in [0, 0.05) is 25.5 Å². The van der Waals surface area contributed by atoms with E-state index in [9.17, 15) is 9.59 Å². The number of anilines is 2. The van der Waals surface area contributed by atoms with Gasteiger partial charge in [-0.2, -0.15) is 0 Å². The summed E-state index contributed by atoms with van der Waals surface area (Å²) in [5, 5.41) is 2.96. The minimum atomic E-state index is -0.518. The number of nitrogens with one attached hydrogen (secondary N) is 1. The van der Waals surface area contributed by atoms with Crippen molar-refractivity contribution >= 4 is 35.1 Å². The molecule has 1 fully saturated rings. The summed E-state index contributed by atoms with van der Waals surface area (Å²) in [5.74, 6) is -0.395. The lowest BCUT2D eigenvalue weighted by molar-refractivity contribution is 0.0600. The molecule has 0 radical (unpaired) electrons. The molecule has 8 nitrogen and oxygen atoms in total. The summed E-state index contributed by atoms with van der Waals surface area (Å²) in [6, 6.07) is 4.49. The number of nitrogens with zero attached hydrogens (tertiary/aromatic N) is 3. The van der Waals surface area contributed by atoms with Gasteiger partial charge in [-0.05, 0) is 18.2 Å². The van der Waals surface area contributed by atoms with Crippen LogP contribution in [-0.4, -0.2) is 55.3 Å². The Hall–Kier alpha value is -2.71. The van der Waals surface area contributed by atoms with Crippen molar-refractivity contribution < 1.29 is 19.1 Å². The van der Waals surface area contributed by atoms with Crippen molar-refractivity contribution in [2.75, 3.05) is 43.6 Å². The molecule has 1 saturated heterocycles. The molecule has 26 heavy (non-hydrogen) atoms. The van der Waals surface area contributed by atoms with Gasteiger partial charge in [-0.3, -0.25) is 4.79 Å². The zero-order valence-corrected chi connectivity index (χ0v) is 14.8. The number of hydrogen-bond acceptors (Lipinski definition) is 7. The topological polar surface area (TPSA) is 93.6 Å². The maximum absolute atomic E-state index is 12.4. The normalized spacial score (nSPS) is 14.0. The predicted octanol–water partition coefficient (Wildman–Crippen LogP) is 2.01. The number of morpholine rings is 1.